The van der Waals surface area contributed by atoms with E-state index in [0.29, 0.717) is 18.0 Å². The van der Waals surface area contributed by atoms with Crippen LogP contribution in [0.2, 0.25) is 0 Å². The molecular formula is C12H13FN4O. The Morgan fingerprint density at radius 3 is 2.94 bits per heavy atom. The number of nitrogens with two attached hydrogens (primary N) is 1. The van der Waals surface area contributed by atoms with E-state index in [1.165, 1.54) is 25.6 Å². The predicted molar refractivity (Wildman–Crippen MR) is 66.7 cm³/mol. The number of anilines is 2. The second kappa shape index (κ2) is 5.31. The maximum absolute atomic E-state index is 13.6. The number of benzene rings is 1. The molecule has 0 aliphatic rings. The van der Waals surface area contributed by atoms with Crippen LogP contribution in [-0.2, 0) is 6.54 Å². The molecule has 5 nitrogen and oxygen atoms in total. The number of methoxy groups -OCH3 is 1. The topological polar surface area (TPSA) is 73.1 Å². The highest BCUT2D eigenvalue weighted by molar-refractivity contribution is 5.62. The van der Waals surface area contributed by atoms with Crippen molar-refractivity contribution in [2.24, 2.45) is 0 Å². The Labute approximate surface area is 104 Å². The SMILES string of the molecule is COc1cc(NCc2ccncn2)c(F)cc1N. The fourth-order valence-corrected chi connectivity index (χ4v) is 1.49. The van der Waals surface area contributed by atoms with E-state index >= 15 is 0 Å². The third-order valence-electron chi connectivity index (χ3n) is 2.42. The van der Waals surface area contributed by atoms with Gasteiger partial charge >= 0.3 is 0 Å². The third-order valence-corrected chi connectivity index (χ3v) is 2.42. The van der Waals surface area contributed by atoms with Crippen molar-refractivity contribution in [3.05, 3.63) is 42.2 Å². The lowest BCUT2D eigenvalue weighted by Gasteiger charge is -2.10. The zero-order valence-electron chi connectivity index (χ0n) is 9.85. The highest BCUT2D eigenvalue weighted by Crippen LogP contribution is 2.28. The Kier molecular flexibility index (Phi) is 3.57. The molecule has 1 aromatic heterocycles. The average molecular weight is 248 g/mol. The van der Waals surface area contributed by atoms with Gasteiger partial charge in [0.25, 0.3) is 0 Å². The number of nitrogens with zero attached hydrogens (tertiary/aromatic N) is 2. The molecule has 0 spiro atoms. The minimum atomic E-state index is -0.428. The van der Waals surface area contributed by atoms with Gasteiger partial charge in [-0.3, -0.25) is 0 Å². The van der Waals surface area contributed by atoms with Crippen molar-refractivity contribution in [1.82, 2.24) is 9.97 Å². The molecule has 18 heavy (non-hydrogen) atoms. The number of nitrogen functional groups attached to an aromatic ring is 1. The first kappa shape index (κ1) is 12.1. The average Bonchev–Trinajstić information content (AvgIpc) is 2.39. The molecule has 3 N–H and O–H groups in total. The van der Waals surface area contributed by atoms with Gasteiger partial charge in [0.15, 0.2) is 0 Å². The van der Waals surface area contributed by atoms with Gasteiger partial charge in [-0.2, -0.15) is 0 Å². The zero-order chi connectivity index (χ0) is 13.0. The number of aromatic nitrogens is 2. The molecule has 0 atom stereocenters. The number of halogens is 1. The van der Waals surface area contributed by atoms with Crippen molar-refractivity contribution in [3.8, 4) is 5.75 Å². The van der Waals surface area contributed by atoms with E-state index < -0.39 is 5.82 Å². The largest absolute Gasteiger partial charge is 0.495 e. The van der Waals surface area contributed by atoms with E-state index in [4.69, 9.17) is 10.5 Å². The van der Waals surface area contributed by atoms with E-state index in [-0.39, 0.29) is 5.69 Å². The van der Waals surface area contributed by atoms with Crippen LogP contribution in [0.15, 0.2) is 30.7 Å². The van der Waals surface area contributed by atoms with E-state index in [0.717, 1.165) is 5.69 Å². The predicted octanol–water partition coefficient (Wildman–Crippen LogP) is 1.82. The lowest BCUT2D eigenvalue weighted by molar-refractivity contribution is 0.416. The number of hydrogen-bond acceptors (Lipinski definition) is 5. The third kappa shape index (κ3) is 2.65. The fourth-order valence-electron chi connectivity index (χ4n) is 1.49. The maximum atomic E-state index is 13.6. The Hall–Kier alpha value is -2.37. The summed E-state index contributed by atoms with van der Waals surface area (Å²) in [7, 11) is 1.48. The first-order chi connectivity index (χ1) is 8.70. The summed E-state index contributed by atoms with van der Waals surface area (Å²) in [5.74, 6) is 0.00365. The molecule has 0 unspecified atom stereocenters. The molecule has 1 aromatic carbocycles. The lowest BCUT2D eigenvalue weighted by atomic mass is 10.2. The Bertz CT molecular complexity index is 533. The fraction of sp³-hybridized carbons (Fsp3) is 0.167. The second-order valence-electron chi connectivity index (χ2n) is 3.63. The van der Waals surface area contributed by atoms with Gasteiger partial charge in [-0.05, 0) is 6.07 Å². The molecule has 0 bridgehead atoms. The molecule has 0 fully saturated rings. The first-order valence-corrected chi connectivity index (χ1v) is 5.32. The molecule has 94 valence electrons. The minimum Gasteiger partial charge on any atom is -0.495 e. The minimum absolute atomic E-state index is 0.266. The molecule has 1 heterocycles. The van der Waals surface area contributed by atoms with Crippen LogP contribution >= 0.6 is 0 Å². The van der Waals surface area contributed by atoms with E-state index in [2.05, 4.69) is 15.3 Å². The molecule has 0 saturated heterocycles. The Morgan fingerprint density at radius 2 is 2.28 bits per heavy atom. The van der Waals surface area contributed by atoms with Crippen LogP contribution in [-0.4, -0.2) is 17.1 Å². The molecule has 0 aliphatic carbocycles. The van der Waals surface area contributed by atoms with Gasteiger partial charge in [-0.25, -0.2) is 14.4 Å². The summed E-state index contributed by atoms with van der Waals surface area (Å²) in [4.78, 5) is 7.84. The van der Waals surface area contributed by atoms with Crippen LogP contribution in [0.3, 0.4) is 0 Å². The molecule has 0 saturated carbocycles. The van der Waals surface area contributed by atoms with Crippen LogP contribution in [0.5, 0.6) is 5.75 Å². The van der Waals surface area contributed by atoms with E-state index in [1.807, 2.05) is 0 Å². The van der Waals surface area contributed by atoms with Crippen molar-refractivity contribution in [3.63, 3.8) is 0 Å². The van der Waals surface area contributed by atoms with Crippen molar-refractivity contribution < 1.29 is 9.13 Å². The second-order valence-corrected chi connectivity index (χ2v) is 3.63. The molecule has 2 aromatic rings. The Balaban J connectivity index is 2.14. The first-order valence-electron chi connectivity index (χ1n) is 5.32. The maximum Gasteiger partial charge on any atom is 0.148 e. The van der Waals surface area contributed by atoms with Crippen LogP contribution in [0.1, 0.15) is 5.69 Å². The van der Waals surface area contributed by atoms with E-state index in [9.17, 15) is 4.39 Å². The normalized spacial score (nSPS) is 10.1. The zero-order valence-corrected chi connectivity index (χ0v) is 9.85. The van der Waals surface area contributed by atoms with Crippen molar-refractivity contribution in [2.75, 3.05) is 18.2 Å². The lowest BCUT2D eigenvalue weighted by Crippen LogP contribution is -2.04. The number of nitrogens with one attached hydrogen (secondary N) is 1. The van der Waals surface area contributed by atoms with Gasteiger partial charge < -0.3 is 15.8 Å². The van der Waals surface area contributed by atoms with Gasteiger partial charge in [0.2, 0.25) is 0 Å². The van der Waals surface area contributed by atoms with Gasteiger partial charge in [0.1, 0.15) is 17.9 Å². The summed E-state index contributed by atoms with van der Waals surface area (Å²) in [5, 5.41) is 2.93. The van der Waals surface area contributed by atoms with Crippen molar-refractivity contribution in [2.45, 2.75) is 6.54 Å². The van der Waals surface area contributed by atoms with Crippen LogP contribution in [0.4, 0.5) is 15.8 Å². The standard InChI is InChI=1S/C12H13FN4O/c1-18-12-5-11(9(13)4-10(12)14)16-6-8-2-3-15-7-17-8/h2-5,7,16H,6,14H2,1H3. The van der Waals surface area contributed by atoms with Crippen molar-refractivity contribution in [1.29, 1.82) is 0 Å². The van der Waals surface area contributed by atoms with Gasteiger partial charge in [-0.15, -0.1) is 0 Å². The number of hydrogen-bond donors (Lipinski definition) is 2. The van der Waals surface area contributed by atoms with Crippen LogP contribution < -0.4 is 15.8 Å². The molecule has 0 radical (unpaired) electrons. The van der Waals surface area contributed by atoms with Crippen LogP contribution in [0, 0.1) is 5.82 Å². The van der Waals surface area contributed by atoms with Crippen molar-refractivity contribution >= 4 is 11.4 Å². The molecule has 0 aliphatic heterocycles. The quantitative estimate of drug-likeness (QED) is 0.807. The molecule has 0 amide bonds. The number of rotatable bonds is 4. The van der Waals surface area contributed by atoms with Gasteiger partial charge in [0, 0.05) is 18.3 Å². The number of ether oxygens (including phenoxy) is 1. The Morgan fingerprint density at radius 1 is 1.44 bits per heavy atom. The summed E-state index contributed by atoms with van der Waals surface area (Å²) >= 11 is 0. The highest BCUT2D eigenvalue weighted by Gasteiger charge is 2.08. The highest BCUT2D eigenvalue weighted by atomic mass is 19.1. The summed E-state index contributed by atoms with van der Waals surface area (Å²) < 4.78 is 18.7. The summed E-state index contributed by atoms with van der Waals surface area (Å²) in [6, 6.07) is 4.49. The smallest absolute Gasteiger partial charge is 0.148 e. The van der Waals surface area contributed by atoms with Gasteiger partial charge in [-0.1, -0.05) is 0 Å². The molecule has 6 heteroatoms. The molecular weight excluding hydrogens is 235 g/mol. The monoisotopic (exact) mass is 248 g/mol. The van der Waals surface area contributed by atoms with Gasteiger partial charge in [0.05, 0.1) is 30.7 Å². The summed E-state index contributed by atoms with van der Waals surface area (Å²) in [5.41, 5.74) is 6.94. The summed E-state index contributed by atoms with van der Waals surface area (Å²) in [6.07, 6.45) is 3.07. The summed E-state index contributed by atoms with van der Waals surface area (Å²) in [6.45, 7) is 0.395. The van der Waals surface area contributed by atoms with Crippen LogP contribution in [0.25, 0.3) is 0 Å². The molecule has 2 rings (SSSR count). The van der Waals surface area contributed by atoms with E-state index in [1.54, 1.807) is 12.3 Å².